The first-order valence-electron chi connectivity index (χ1n) is 5.72. The number of aromatic nitrogens is 1. The highest BCUT2D eigenvalue weighted by Gasteiger charge is 2.08. The lowest BCUT2D eigenvalue weighted by Crippen LogP contribution is -2.30. The summed E-state index contributed by atoms with van der Waals surface area (Å²) in [5, 5.41) is 11.5. The van der Waals surface area contributed by atoms with E-state index >= 15 is 0 Å². The minimum atomic E-state index is -0.381. The Hall–Kier alpha value is -1.62. The molecule has 0 spiro atoms. The minimum Gasteiger partial charge on any atom is -0.396 e. The molecule has 0 aliphatic rings. The van der Waals surface area contributed by atoms with Crippen molar-refractivity contribution in [3.8, 4) is 0 Å². The normalized spacial score (nSPS) is 12.1. The van der Waals surface area contributed by atoms with Gasteiger partial charge in [0.05, 0.1) is 0 Å². The van der Waals surface area contributed by atoms with Gasteiger partial charge in [0, 0.05) is 19.3 Å². The average Bonchev–Trinajstić information content (AvgIpc) is 2.34. The first kappa shape index (κ1) is 13.4. The number of carbonyl (C=O) groups is 1. The predicted molar refractivity (Wildman–Crippen MR) is 64.9 cm³/mol. The van der Waals surface area contributed by atoms with Gasteiger partial charge in [-0.25, -0.2) is 0 Å². The van der Waals surface area contributed by atoms with Gasteiger partial charge in [-0.1, -0.05) is 6.92 Å². The number of aromatic amines is 1. The number of rotatable bonds is 6. The van der Waals surface area contributed by atoms with Crippen molar-refractivity contribution in [1.29, 1.82) is 0 Å². The molecule has 0 aliphatic heterocycles. The smallest absolute Gasteiger partial charge is 0.260 e. The van der Waals surface area contributed by atoms with Crippen molar-refractivity contribution >= 4 is 5.91 Å². The van der Waals surface area contributed by atoms with Crippen molar-refractivity contribution in [2.75, 3.05) is 13.2 Å². The van der Waals surface area contributed by atoms with Crippen LogP contribution in [0.5, 0.6) is 0 Å². The number of hydrogen-bond acceptors (Lipinski definition) is 3. The Morgan fingerprint density at radius 2 is 2.35 bits per heavy atom. The Balaban J connectivity index is 2.36. The zero-order valence-electron chi connectivity index (χ0n) is 9.90. The molecule has 1 amide bonds. The number of pyridine rings is 1. The van der Waals surface area contributed by atoms with Crippen LogP contribution >= 0.6 is 0 Å². The fourth-order valence-electron chi connectivity index (χ4n) is 1.44. The average molecular weight is 238 g/mol. The van der Waals surface area contributed by atoms with Gasteiger partial charge in [0.25, 0.3) is 11.5 Å². The van der Waals surface area contributed by atoms with Crippen LogP contribution in [0.2, 0.25) is 0 Å². The van der Waals surface area contributed by atoms with E-state index in [0.717, 1.165) is 12.8 Å². The van der Waals surface area contributed by atoms with Crippen LogP contribution in [0.3, 0.4) is 0 Å². The SMILES string of the molecule is CC(CO)CCCNC(=O)c1ccc[nH]c1=O. The van der Waals surface area contributed by atoms with E-state index in [4.69, 9.17) is 5.11 Å². The highest BCUT2D eigenvalue weighted by atomic mass is 16.3. The Morgan fingerprint density at radius 1 is 1.59 bits per heavy atom. The van der Waals surface area contributed by atoms with Crippen LogP contribution in [0.4, 0.5) is 0 Å². The molecule has 0 aromatic carbocycles. The number of hydrogen-bond donors (Lipinski definition) is 3. The van der Waals surface area contributed by atoms with E-state index in [-0.39, 0.29) is 29.6 Å². The molecule has 3 N–H and O–H groups in total. The van der Waals surface area contributed by atoms with Gasteiger partial charge in [0.2, 0.25) is 0 Å². The standard InChI is InChI=1S/C12H18N2O3/c1-9(8-15)4-2-6-13-11(16)10-5-3-7-14-12(10)17/h3,5,7,9,15H,2,4,6,8H2,1H3,(H,13,16)(H,14,17). The maximum absolute atomic E-state index is 11.6. The van der Waals surface area contributed by atoms with Crippen LogP contribution < -0.4 is 10.9 Å². The molecule has 1 rings (SSSR count). The van der Waals surface area contributed by atoms with Crippen molar-refractivity contribution in [1.82, 2.24) is 10.3 Å². The molecule has 1 aromatic heterocycles. The summed E-state index contributed by atoms with van der Waals surface area (Å²) in [7, 11) is 0. The third kappa shape index (κ3) is 4.40. The van der Waals surface area contributed by atoms with Gasteiger partial charge in [-0.15, -0.1) is 0 Å². The third-order valence-electron chi connectivity index (χ3n) is 2.53. The van der Waals surface area contributed by atoms with Crippen LogP contribution in [0.1, 0.15) is 30.1 Å². The summed E-state index contributed by atoms with van der Waals surface area (Å²) in [6.07, 6.45) is 3.13. The third-order valence-corrected chi connectivity index (χ3v) is 2.53. The van der Waals surface area contributed by atoms with Crippen molar-refractivity contribution in [3.05, 3.63) is 34.2 Å². The molecule has 0 aliphatic carbocycles. The topological polar surface area (TPSA) is 82.2 Å². The van der Waals surface area contributed by atoms with Crippen LogP contribution in [0.15, 0.2) is 23.1 Å². The van der Waals surface area contributed by atoms with E-state index < -0.39 is 0 Å². The summed E-state index contributed by atoms with van der Waals surface area (Å²) < 4.78 is 0. The van der Waals surface area contributed by atoms with Gasteiger partial charge < -0.3 is 15.4 Å². The Bertz CT molecular complexity index is 414. The van der Waals surface area contributed by atoms with Crippen molar-refractivity contribution in [2.45, 2.75) is 19.8 Å². The summed E-state index contributed by atoms with van der Waals surface area (Å²) in [5.74, 6) is -0.115. The molecule has 0 saturated heterocycles. The summed E-state index contributed by atoms with van der Waals surface area (Å²) in [6.45, 7) is 2.62. The second-order valence-corrected chi connectivity index (χ2v) is 4.10. The van der Waals surface area contributed by atoms with Crippen LogP contribution in [0, 0.1) is 5.92 Å². The first-order valence-corrected chi connectivity index (χ1v) is 5.72. The van der Waals surface area contributed by atoms with Crippen LogP contribution in [-0.2, 0) is 0 Å². The lowest BCUT2D eigenvalue weighted by Gasteiger charge is -2.08. The molecular formula is C12H18N2O3. The largest absolute Gasteiger partial charge is 0.396 e. The maximum Gasteiger partial charge on any atom is 0.260 e. The van der Waals surface area contributed by atoms with Gasteiger partial charge in [-0.3, -0.25) is 9.59 Å². The predicted octanol–water partition coefficient (Wildman–Crippen LogP) is 0.513. The number of aliphatic hydroxyl groups excluding tert-OH is 1. The van der Waals surface area contributed by atoms with Gasteiger partial charge in [0.1, 0.15) is 5.56 Å². The molecular weight excluding hydrogens is 220 g/mol. The number of aliphatic hydroxyl groups is 1. The Morgan fingerprint density at radius 3 is 3.00 bits per heavy atom. The summed E-state index contributed by atoms with van der Waals surface area (Å²) in [6, 6.07) is 3.11. The molecule has 1 atom stereocenters. The fourth-order valence-corrected chi connectivity index (χ4v) is 1.44. The monoisotopic (exact) mass is 238 g/mol. The van der Waals surface area contributed by atoms with E-state index in [2.05, 4.69) is 10.3 Å². The van der Waals surface area contributed by atoms with Gasteiger partial charge in [-0.2, -0.15) is 0 Å². The molecule has 5 nitrogen and oxygen atoms in total. The molecule has 94 valence electrons. The number of H-pyrrole nitrogens is 1. The number of amides is 1. The number of carbonyl (C=O) groups excluding carboxylic acids is 1. The van der Waals surface area contributed by atoms with Crippen molar-refractivity contribution in [2.24, 2.45) is 5.92 Å². The molecule has 0 fully saturated rings. The molecule has 1 unspecified atom stereocenters. The molecule has 0 saturated carbocycles. The summed E-state index contributed by atoms with van der Waals surface area (Å²) in [5.41, 5.74) is -0.253. The zero-order chi connectivity index (χ0) is 12.7. The Kier molecular flexibility index (Phi) is 5.42. The first-order chi connectivity index (χ1) is 8.15. The van der Waals surface area contributed by atoms with Crippen molar-refractivity contribution < 1.29 is 9.90 Å². The van der Waals surface area contributed by atoms with Gasteiger partial charge in [0.15, 0.2) is 0 Å². The minimum absolute atomic E-state index is 0.128. The van der Waals surface area contributed by atoms with Gasteiger partial charge >= 0.3 is 0 Å². The summed E-state index contributed by atoms with van der Waals surface area (Å²) in [4.78, 5) is 25.3. The molecule has 0 bridgehead atoms. The fraction of sp³-hybridized carbons (Fsp3) is 0.500. The van der Waals surface area contributed by atoms with E-state index in [1.807, 2.05) is 6.92 Å². The van der Waals surface area contributed by atoms with Crippen LogP contribution in [0.25, 0.3) is 0 Å². The zero-order valence-corrected chi connectivity index (χ0v) is 9.90. The molecule has 5 heteroatoms. The van der Waals surface area contributed by atoms with E-state index in [1.54, 1.807) is 6.07 Å². The molecule has 1 aromatic rings. The molecule has 0 radical (unpaired) electrons. The summed E-state index contributed by atoms with van der Waals surface area (Å²) >= 11 is 0. The lowest BCUT2D eigenvalue weighted by molar-refractivity contribution is 0.0950. The van der Waals surface area contributed by atoms with E-state index in [0.29, 0.717) is 6.54 Å². The van der Waals surface area contributed by atoms with Crippen LogP contribution in [-0.4, -0.2) is 29.1 Å². The molecule has 17 heavy (non-hydrogen) atoms. The van der Waals surface area contributed by atoms with Crippen molar-refractivity contribution in [3.63, 3.8) is 0 Å². The Labute approximate surface area is 99.9 Å². The van der Waals surface area contributed by atoms with Gasteiger partial charge in [-0.05, 0) is 30.9 Å². The lowest BCUT2D eigenvalue weighted by atomic mass is 10.1. The quantitative estimate of drug-likeness (QED) is 0.632. The second kappa shape index (κ2) is 6.85. The second-order valence-electron chi connectivity index (χ2n) is 4.10. The highest BCUT2D eigenvalue weighted by Crippen LogP contribution is 2.02. The van der Waals surface area contributed by atoms with E-state index in [9.17, 15) is 9.59 Å². The number of nitrogens with one attached hydrogen (secondary N) is 2. The van der Waals surface area contributed by atoms with E-state index in [1.165, 1.54) is 12.3 Å². The maximum atomic E-state index is 11.6. The highest BCUT2D eigenvalue weighted by molar-refractivity contribution is 5.93. The molecule has 1 heterocycles.